The maximum atomic E-state index is 11.1. The van der Waals surface area contributed by atoms with Crippen LogP contribution in [0.25, 0.3) is 11.1 Å². The lowest BCUT2D eigenvalue weighted by Crippen LogP contribution is -1.99. The zero-order chi connectivity index (χ0) is 13.7. The lowest BCUT2D eigenvalue weighted by molar-refractivity contribution is -0.129. The number of aromatic carboxylic acids is 1. The quantitative estimate of drug-likeness (QED) is 0.835. The molecule has 2 aromatic carbocycles. The van der Waals surface area contributed by atoms with Crippen molar-refractivity contribution in [2.75, 3.05) is 0 Å². The van der Waals surface area contributed by atoms with Crippen LogP contribution in [-0.4, -0.2) is 17.5 Å². The van der Waals surface area contributed by atoms with Crippen molar-refractivity contribution in [1.29, 1.82) is 0 Å². The summed E-state index contributed by atoms with van der Waals surface area (Å²) in [4.78, 5) is 21.2. The van der Waals surface area contributed by atoms with Crippen molar-refractivity contribution in [1.82, 2.24) is 0 Å². The van der Waals surface area contributed by atoms with E-state index >= 15 is 0 Å². The van der Waals surface area contributed by atoms with Crippen LogP contribution in [0.5, 0.6) is 0 Å². The second-order valence-electron chi connectivity index (χ2n) is 3.95. The predicted octanol–water partition coefficient (Wildman–Crippen LogP) is 2.72. The second kappa shape index (κ2) is 5.82. The number of carboxylic acid groups (broad SMARTS) is 1. The van der Waals surface area contributed by atoms with Crippen molar-refractivity contribution in [2.24, 2.45) is 0 Å². The number of hydrogen-bond donors (Lipinski definition) is 1. The zero-order valence-corrected chi connectivity index (χ0v) is 10.1. The molecule has 2 aromatic rings. The van der Waals surface area contributed by atoms with Gasteiger partial charge in [0.2, 0.25) is 0 Å². The molecule has 19 heavy (non-hydrogen) atoms. The summed E-state index contributed by atoms with van der Waals surface area (Å²) in [5, 5.41) is 9.14. The van der Waals surface area contributed by atoms with Gasteiger partial charge in [-0.15, -0.1) is 0 Å². The van der Waals surface area contributed by atoms with Crippen molar-refractivity contribution in [2.45, 2.75) is 6.61 Å². The molecule has 2 rings (SSSR count). The first-order valence-electron chi connectivity index (χ1n) is 5.69. The van der Waals surface area contributed by atoms with Crippen LogP contribution in [0.1, 0.15) is 15.9 Å². The van der Waals surface area contributed by atoms with Crippen LogP contribution in [0.2, 0.25) is 0 Å². The first-order valence-corrected chi connectivity index (χ1v) is 5.69. The Hall–Kier alpha value is -2.62. The second-order valence-corrected chi connectivity index (χ2v) is 3.95. The van der Waals surface area contributed by atoms with Gasteiger partial charge in [-0.05, 0) is 22.8 Å². The van der Waals surface area contributed by atoms with Gasteiger partial charge in [-0.1, -0.05) is 42.5 Å². The summed E-state index contributed by atoms with van der Waals surface area (Å²) >= 11 is 0. The molecule has 4 heteroatoms. The van der Waals surface area contributed by atoms with Gasteiger partial charge in [0.15, 0.2) is 0 Å². The minimum Gasteiger partial charge on any atom is -0.478 e. The van der Waals surface area contributed by atoms with E-state index in [1.165, 1.54) is 0 Å². The molecule has 0 aliphatic heterocycles. The molecular formula is C15H12O4. The van der Waals surface area contributed by atoms with Crippen LogP contribution in [0.3, 0.4) is 0 Å². The van der Waals surface area contributed by atoms with E-state index in [-0.39, 0.29) is 12.2 Å². The smallest absolute Gasteiger partial charge is 0.336 e. The van der Waals surface area contributed by atoms with Gasteiger partial charge in [0.25, 0.3) is 6.47 Å². The molecule has 4 nitrogen and oxygen atoms in total. The summed E-state index contributed by atoms with van der Waals surface area (Å²) in [6, 6.07) is 14.1. The van der Waals surface area contributed by atoms with Gasteiger partial charge in [-0.3, -0.25) is 4.79 Å². The predicted molar refractivity (Wildman–Crippen MR) is 69.7 cm³/mol. The van der Waals surface area contributed by atoms with Gasteiger partial charge in [0.1, 0.15) is 6.61 Å². The molecule has 0 aliphatic carbocycles. The number of benzene rings is 2. The Morgan fingerprint density at radius 1 is 1.11 bits per heavy atom. The van der Waals surface area contributed by atoms with Crippen LogP contribution in [0.4, 0.5) is 0 Å². The van der Waals surface area contributed by atoms with E-state index < -0.39 is 5.97 Å². The van der Waals surface area contributed by atoms with Gasteiger partial charge < -0.3 is 9.84 Å². The Morgan fingerprint density at radius 2 is 1.79 bits per heavy atom. The number of carboxylic acids is 1. The summed E-state index contributed by atoms with van der Waals surface area (Å²) in [5.41, 5.74) is 2.59. The van der Waals surface area contributed by atoms with Crippen molar-refractivity contribution in [3.63, 3.8) is 0 Å². The summed E-state index contributed by atoms with van der Waals surface area (Å²) in [5.74, 6) is -0.955. The highest BCUT2D eigenvalue weighted by Gasteiger charge is 2.10. The van der Waals surface area contributed by atoms with E-state index in [0.29, 0.717) is 12.0 Å². The Kier molecular flexibility index (Phi) is 3.93. The highest BCUT2D eigenvalue weighted by atomic mass is 16.5. The highest BCUT2D eigenvalue weighted by Crippen LogP contribution is 2.24. The van der Waals surface area contributed by atoms with Gasteiger partial charge >= 0.3 is 5.97 Å². The first-order chi connectivity index (χ1) is 9.22. The standard InChI is InChI=1S/C15H12O4/c16-10-19-9-11-5-7-12(8-6-11)13-3-1-2-4-14(13)15(17)18/h1-8,10H,9H2,(H,17,18). The van der Waals surface area contributed by atoms with Gasteiger partial charge in [-0.2, -0.15) is 0 Å². The Labute approximate surface area is 110 Å². The minimum absolute atomic E-state index is 0.213. The molecule has 96 valence electrons. The van der Waals surface area contributed by atoms with E-state index in [9.17, 15) is 9.59 Å². The maximum absolute atomic E-state index is 11.1. The summed E-state index contributed by atoms with van der Waals surface area (Å²) in [6.07, 6.45) is 0. The molecule has 0 atom stereocenters. The molecule has 0 unspecified atom stereocenters. The number of carbonyl (C=O) groups excluding carboxylic acids is 1. The molecule has 0 saturated heterocycles. The van der Waals surface area contributed by atoms with E-state index in [0.717, 1.165) is 11.1 Å². The fourth-order valence-electron chi connectivity index (χ4n) is 1.83. The lowest BCUT2D eigenvalue weighted by atomic mass is 9.99. The molecule has 0 fully saturated rings. The van der Waals surface area contributed by atoms with Crippen LogP contribution in [0.15, 0.2) is 48.5 Å². The van der Waals surface area contributed by atoms with Crippen molar-refractivity contribution in [3.05, 3.63) is 59.7 Å². The van der Waals surface area contributed by atoms with Crippen LogP contribution in [0, 0.1) is 0 Å². The Bertz CT molecular complexity index is 587. The lowest BCUT2D eigenvalue weighted by Gasteiger charge is -2.07. The molecule has 0 aromatic heterocycles. The van der Waals surface area contributed by atoms with Crippen LogP contribution in [-0.2, 0) is 16.1 Å². The third kappa shape index (κ3) is 2.98. The van der Waals surface area contributed by atoms with Gasteiger partial charge in [-0.25, -0.2) is 4.79 Å². The van der Waals surface area contributed by atoms with Crippen molar-refractivity contribution in [3.8, 4) is 11.1 Å². The van der Waals surface area contributed by atoms with Gasteiger partial charge in [0.05, 0.1) is 5.56 Å². The summed E-state index contributed by atoms with van der Waals surface area (Å²) in [7, 11) is 0. The number of ether oxygens (including phenoxy) is 1. The maximum Gasteiger partial charge on any atom is 0.336 e. The molecular weight excluding hydrogens is 244 g/mol. The molecule has 0 amide bonds. The third-order valence-electron chi connectivity index (χ3n) is 2.74. The Balaban J connectivity index is 2.32. The molecule has 0 aliphatic rings. The first kappa shape index (κ1) is 12.8. The molecule has 0 saturated carbocycles. The SMILES string of the molecule is O=COCc1ccc(-c2ccccc2C(=O)O)cc1. The number of rotatable bonds is 5. The monoisotopic (exact) mass is 256 g/mol. The highest BCUT2D eigenvalue weighted by molar-refractivity contribution is 5.95. The molecule has 0 bridgehead atoms. The van der Waals surface area contributed by atoms with E-state index in [4.69, 9.17) is 5.11 Å². The fraction of sp³-hybridized carbons (Fsp3) is 0.0667. The molecule has 0 heterocycles. The van der Waals surface area contributed by atoms with Gasteiger partial charge in [0, 0.05) is 0 Å². The third-order valence-corrected chi connectivity index (χ3v) is 2.74. The van der Waals surface area contributed by atoms with E-state index in [1.54, 1.807) is 36.4 Å². The summed E-state index contributed by atoms with van der Waals surface area (Å²) < 4.78 is 4.65. The zero-order valence-electron chi connectivity index (χ0n) is 10.1. The largest absolute Gasteiger partial charge is 0.478 e. The normalized spacial score (nSPS) is 9.89. The molecule has 0 spiro atoms. The fourth-order valence-corrected chi connectivity index (χ4v) is 1.83. The average Bonchev–Trinajstić information content (AvgIpc) is 2.45. The average molecular weight is 256 g/mol. The van der Waals surface area contributed by atoms with E-state index in [1.807, 2.05) is 12.1 Å². The molecule has 1 N–H and O–H groups in total. The van der Waals surface area contributed by atoms with Crippen molar-refractivity contribution < 1.29 is 19.4 Å². The van der Waals surface area contributed by atoms with Crippen molar-refractivity contribution >= 4 is 12.4 Å². The number of carbonyl (C=O) groups is 2. The summed E-state index contributed by atoms with van der Waals surface area (Å²) in [6.45, 7) is 0.609. The van der Waals surface area contributed by atoms with Crippen LogP contribution < -0.4 is 0 Å². The van der Waals surface area contributed by atoms with E-state index in [2.05, 4.69) is 4.74 Å². The number of hydrogen-bond acceptors (Lipinski definition) is 3. The molecule has 0 radical (unpaired) electrons. The van der Waals surface area contributed by atoms with Crippen LogP contribution >= 0.6 is 0 Å². The topological polar surface area (TPSA) is 63.6 Å². The minimum atomic E-state index is -0.955. The Morgan fingerprint density at radius 3 is 2.42 bits per heavy atom.